The SMILES string of the molecule is CN(C(=O)C1=C[C@@H](c2coc3ccccc3c2=O)C[C@@H](OCc2ccc(CO)cc2)O1)C1CCCCC1. The van der Waals surface area contributed by atoms with Crippen LogP contribution in [0.3, 0.4) is 0 Å². The Hall–Kier alpha value is -3.42. The Bertz CT molecular complexity index is 1320. The molecule has 0 bridgehead atoms. The molecule has 2 aromatic carbocycles. The Labute approximate surface area is 216 Å². The highest BCUT2D eigenvalue weighted by Crippen LogP contribution is 2.33. The van der Waals surface area contributed by atoms with Crippen molar-refractivity contribution in [2.45, 2.75) is 70.0 Å². The number of amides is 1. The second-order valence-electron chi connectivity index (χ2n) is 9.93. The zero-order valence-electron chi connectivity index (χ0n) is 21.1. The summed E-state index contributed by atoms with van der Waals surface area (Å²) in [4.78, 5) is 28.6. The van der Waals surface area contributed by atoms with Crippen molar-refractivity contribution in [3.8, 4) is 0 Å². The fourth-order valence-electron chi connectivity index (χ4n) is 5.21. The van der Waals surface area contributed by atoms with E-state index in [1.807, 2.05) is 43.4 Å². The van der Waals surface area contributed by atoms with E-state index in [-0.39, 0.29) is 36.4 Å². The van der Waals surface area contributed by atoms with E-state index in [0.717, 1.165) is 36.8 Å². The van der Waals surface area contributed by atoms with Gasteiger partial charge < -0.3 is 23.9 Å². The van der Waals surface area contributed by atoms with Crippen LogP contribution in [-0.2, 0) is 27.5 Å². The van der Waals surface area contributed by atoms with Gasteiger partial charge in [-0.05, 0) is 42.2 Å². The zero-order chi connectivity index (χ0) is 25.8. The Kier molecular flexibility index (Phi) is 7.72. The number of aliphatic hydroxyl groups excluding tert-OH is 1. The van der Waals surface area contributed by atoms with E-state index in [9.17, 15) is 14.7 Å². The normalized spacial score (nSPS) is 20.3. The number of likely N-dealkylation sites (N-methyl/N-ethyl adjacent to an activating group) is 1. The number of benzene rings is 2. The fraction of sp³-hybridized carbons (Fsp3) is 0.400. The summed E-state index contributed by atoms with van der Waals surface area (Å²) in [5.74, 6) is -0.379. The Morgan fingerprint density at radius 1 is 1.05 bits per heavy atom. The third-order valence-electron chi connectivity index (χ3n) is 7.46. The summed E-state index contributed by atoms with van der Waals surface area (Å²) in [7, 11) is 1.83. The number of allylic oxidation sites excluding steroid dienone is 1. The smallest absolute Gasteiger partial charge is 0.288 e. The molecule has 0 spiro atoms. The molecule has 2 heterocycles. The van der Waals surface area contributed by atoms with Gasteiger partial charge in [0.2, 0.25) is 6.29 Å². The number of carbonyl (C=O) groups excluding carboxylic acids is 1. The lowest BCUT2D eigenvalue weighted by Crippen LogP contribution is -2.41. The summed E-state index contributed by atoms with van der Waals surface area (Å²) >= 11 is 0. The lowest BCUT2D eigenvalue weighted by atomic mass is 9.92. The van der Waals surface area contributed by atoms with Crippen LogP contribution >= 0.6 is 0 Å². The van der Waals surface area contributed by atoms with E-state index in [4.69, 9.17) is 13.9 Å². The van der Waals surface area contributed by atoms with Gasteiger partial charge in [-0.2, -0.15) is 0 Å². The maximum Gasteiger partial charge on any atom is 0.288 e. The van der Waals surface area contributed by atoms with Crippen molar-refractivity contribution in [3.63, 3.8) is 0 Å². The molecule has 3 aromatic rings. The Balaban J connectivity index is 1.41. The van der Waals surface area contributed by atoms with Crippen LogP contribution in [-0.4, -0.2) is 35.3 Å². The third kappa shape index (κ3) is 5.63. The molecular weight excluding hydrogens is 470 g/mol. The van der Waals surface area contributed by atoms with Gasteiger partial charge in [0, 0.05) is 31.0 Å². The lowest BCUT2D eigenvalue weighted by molar-refractivity contribution is -0.156. The van der Waals surface area contributed by atoms with Crippen LogP contribution in [0.5, 0.6) is 0 Å². The average molecular weight is 504 g/mol. The minimum Gasteiger partial charge on any atom is -0.464 e. The topological polar surface area (TPSA) is 89.2 Å². The molecule has 1 aliphatic heterocycles. The van der Waals surface area contributed by atoms with E-state index in [1.165, 1.54) is 12.7 Å². The highest BCUT2D eigenvalue weighted by atomic mass is 16.7. The van der Waals surface area contributed by atoms with Gasteiger partial charge in [0.25, 0.3) is 5.91 Å². The maximum absolute atomic E-state index is 13.5. The second kappa shape index (κ2) is 11.3. The van der Waals surface area contributed by atoms with Gasteiger partial charge in [0.05, 0.1) is 24.9 Å². The van der Waals surface area contributed by atoms with Gasteiger partial charge >= 0.3 is 0 Å². The van der Waals surface area contributed by atoms with Crippen LogP contribution < -0.4 is 5.43 Å². The van der Waals surface area contributed by atoms with Crippen molar-refractivity contribution in [1.29, 1.82) is 0 Å². The molecule has 0 unspecified atom stereocenters. The van der Waals surface area contributed by atoms with Crippen molar-refractivity contribution in [1.82, 2.24) is 4.90 Å². The molecule has 194 valence electrons. The number of aliphatic hydroxyl groups is 1. The molecule has 0 radical (unpaired) electrons. The predicted octanol–water partition coefficient (Wildman–Crippen LogP) is 5.01. The summed E-state index contributed by atoms with van der Waals surface area (Å²) in [6, 6.07) is 14.8. The van der Waals surface area contributed by atoms with Gasteiger partial charge in [-0.3, -0.25) is 9.59 Å². The summed E-state index contributed by atoms with van der Waals surface area (Å²) in [6.45, 7) is 0.253. The molecule has 1 saturated carbocycles. The maximum atomic E-state index is 13.5. The van der Waals surface area contributed by atoms with Crippen molar-refractivity contribution < 1.29 is 23.8 Å². The van der Waals surface area contributed by atoms with Crippen molar-refractivity contribution in [2.24, 2.45) is 0 Å². The lowest BCUT2D eigenvalue weighted by Gasteiger charge is -2.34. The highest BCUT2D eigenvalue weighted by molar-refractivity contribution is 5.92. The number of carbonyl (C=O) groups is 1. The molecule has 37 heavy (non-hydrogen) atoms. The van der Waals surface area contributed by atoms with E-state index in [0.29, 0.717) is 23.0 Å². The molecule has 2 aliphatic rings. The van der Waals surface area contributed by atoms with Crippen LogP contribution in [0.15, 0.2) is 75.8 Å². The molecule has 1 aliphatic carbocycles. The molecule has 5 rings (SSSR count). The first-order chi connectivity index (χ1) is 18.0. The quantitative estimate of drug-likeness (QED) is 0.488. The molecule has 1 fully saturated rings. The number of fused-ring (bicyclic) bond motifs is 1. The highest BCUT2D eigenvalue weighted by Gasteiger charge is 2.33. The molecule has 7 heteroatoms. The molecule has 0 saturated heterocycles. The van der Waals surface area contributed by atoms with Crippen LogP contribution in [0.25, 0.3) is 11.0 Å². The summed E-state index contributed by atoms with van der Waals surface area (Å²) in [5.41, 5.74) is 2.63. The van der Waals surface area contributed by atoms with Gasteiger partial charge in [-0.15, -0.1) is 0 Å². The molecule has 1 amide bonds. The molecule has 1 N–H and O–H groups in total. The van der Waals surface area contributed by atoms with Gasteiger partial charge in [0.15, 0.2) is 11.2 Å². The first-order valence-electron chi connectivity index (χ1n) is 13.0. The average Bonchev–Trinajstić information content (AvgIpc) is 2.96. The Morgan fingerprint density at radius 3 is 2.54 bits per heavy atom. The summed E-state index contributed by atoms with van der Waals surface area (Å²) in [5, 5.41) is 9.79. The number of hydrogen-bond acceptors (Lipinski definition) is 6. The monoisotopic (exact) mass is 503 g/mol. The third-order valence-corrected chi connectivity index (χ3v) is 7.46. The number of hydrogen-bond donors (Lipinski definition) is 1. The summed E-state index contributed by atoms with van der Waals surface area (Å²) < 4.78 is 18.0. The van der Waals surface area contributed by atoms with E-state index in [1.54, 1.807) is 23.1 Å². The first-order valence-corrected chi connectivity index (χ1v) is 13.0. The van der Waals surface area contributed by atoms with Crippen molar-refractivity contribution in [2.75, 3.05) is 7.05 Å². The number of rotatable bonds is 7. The zero-order valence-corrected chi connectivity index (χ0v) is 21.1. The fourth-order valence-corrected chi connectivity index (χ4v) is 5.21. The van der Waals surface area contributed by atoms with Gasteiger partial charge in [-0.25, -0.2) is 0 Å². The standard InChI is InChI=1S/C30H33NO6/c1-31(23-7-3-2-4-8-23)30(34)27-15-22(25-19-35-26-10-6-5-9-24(26)29(25)33)16-28(37-27)36-18-21-13-11-20(17-32)12-14-21/h5-6,9-15,19,22-23,28,32H,2-4,7-8,16-18H2,1H3/t22-,28+/m1/s1. The van der Waals surface area contributed by atoms with Crippen LogP contribution in [0.2, 0.25) is 0 Å². The van der Waals surface area contributed by atoms with Crippen LogP contribution in [0, 0.1) is 0 Å². The Morgan fingerprint density at radius 2 is 1.78 bits per heavy atom. The molecular formula is C30H33NO6. The van der Waals surface area contributed by atoms with Crippen LogP contribution in [0.4, 0.5) is 0 Å². The second-order valence-corrected chi connectivity index (χ2v) is 9.93. The van der Waals surface area contributed by atoms with Crippen LogP contribution in [0.1, 0.15) is 61.1 Å². The number of para-hydroxylation sites is 1. The van der Waals surface area contributed by atoms with E-state index >= 15 is 0 Å². The van der Waals surface area contributed by atoms with Crippen molar-refractivity contribution in [3.05, 3.63) is 93.5 Å². The summed E-state index contributed by atoms with van der Waals surface area (Å²) in [6.07, 6.45) is 8.31. The predicted molar refractivity (Wildman–Crippen MR) is 140 cm³/mol. The van der Waals surface area contributed by atoms with E-state index < -0.39 is 12.2 Å². The molecule has 2 atom stereocenters. The largest absolute Gasteiger partial charge is 0.464 e. The van der Waals surface area contributed by atoms with Gasteiger partial charge in [0.1, 0.15) is 5.58 Å². The minimum atomic E-state index is -0.711. The molecule has 1 aromatic heterocycles. The van der Waals surface area contributed by atoms with Gasteiger partial charge in [-0.1, -0.05) is 55.7 Å². The number of ether oxygens (including phenoxy) is 2. The minimum absolute atomic E-state index is 0.0202. The van der Waals surface area contributed by atoms with E-state index in [2.05, 4.69) is 0 Å². The molecule has 7 nitrogen and oxygen atoms in total. The van der Waals surface area contributed by atoms with Crippen molar-refractivity contribution >= 4 is 16.9 Å². The first kappa shape index (κ1) is 25.2. The number of nitrogens with zero attached hydrogens (tertiary/aromatic N) is 1.